The topological polar surface area (TPSA) is 97.1 Å². The Labute approximate surface area is 197 Å². The van der Waals surface area contributed by atoms with E-state index in [2.05, 4.69) is 27.8 Å². The van der Waals surface area contributed by atoms with Gasteiger partial charge in [-0.05, 0) is 50.8 Å². The molecule has 4 aromatic heterocycles. The second-order valence-electron chi connectivity index (χ2n) is 9.71. The van der Waals surface area contributed by atoms with Crippen LogP contribution in [0.1, 0.15) is 36.7 Å². The van der Waals surface area contributed by atoms with Crippen LogP contribution in [0.2, 0.25) is 0 Å². The van der Waals surface area contributed by atoms with Crippen molar-refractivity contribution in [2.24, 2.45) is 5.73 Å². The van der Waals surface area contributed by atoms with E-state index in [0.29, 0.717) is 17.0 Å². The predicted molar refractivity (Wildman–Crippen MR) is 132 cm³/mol. The van der Waals surface area contributed by atoms with Crippen molar-refractivity contribution >= 4 is 16.9 Å². The van der Waals surface area contributed by atoms with Crippen molar-refractivity contribution in [2.45, 2.75) is 45.7 Å². The zero-order valence-electron chi connectivity index (χ0n) is 20.0. The minimum atomic E-state index is -0.276. The maximum Gasteiger partial charge on any atom is 0.258 e. The van der Waals surface area contributed by atoms with Crippen LogP contribution in [0.5, 0.6) is 0 Å². The van der Waals surface area contributed by atoms with Crippen molar-refractivity contribution in [3.8, 4) is 11.4 Å². The fourth-order valence-electron chi connectivity index (χ4n) is 5.57. The molecule has 2 aliphatic rings. The van der Waals surface area contributed by atoms with Crippen LogP contribution in [0, 0.1) is 13.8 Å². The summed E-state index contributed by atoms with van der Waals surface area (Å²) in [4.78, 5) is 27.4. The molecule has 0 aliphatic carbocycles. The van der Waals surface area contributed by atoms with Crippen molar-refractivity contribution in [1.29, 1.82) is 0 Å². The molecule has 6 rings (SSSR count). The molecule has 2 saturated heterocycles. The van der Waals surface area contributed by atoms with Crippen molar-refractivity contribution in [3.05, 3.63) is 57.9 Å². The van der Waals surface area contributed by atoms with Crippen LogP contribution in [0.25, 0.3) is 22.6 Å². The average Bonchev–Trinajstić information content (AvgIpc) is 3.41. The second-order valence-corrected chi connectivity index (χ2v) is 9.71. The molecular weight excluding hydrogens is 428 g/mol. The Morgan fingerprint density at radius 3 is 2.74 bits per heavy atom. The molecule has 9 heteroatoms. The Bertz CT molecular complexity index is 1490. The number of hydrogen-bond acceptors (Lipinski definition) is 7. The highest BCUT2D eigenvalue weighted by molar-refractivity contribution is 5.68. The van der Waals surface area contributed by atoms with E-state index < -0.39 is 0 Å². The summed E-state index contributed by atoms with van der Waals surface area (Å²) in [5.41, 5.74) is 13.0. The normalized spacial score (nSPS) is 21.0. The smallest absolute Gasteiger partial charge is 0.258 e. The molecule has 34 heavy (non-hydrogen) atoms. The molecule has 176 valence electrons. The average molecular weight is 459 g/mol. The molecule has 9 nitrogen and oxygen atoms in total. The van der Waals surface area contributed by atoms with E-state index >= 15 is 0 Å². The number of fused-ring (bicyclic) bond motifs is 3. The highest BCUT2D eigenvalue weighted by Crippen LogP contribution is 2.31. The maximum atomic E-state index is 13.2. The van der Waals surface area contributed by atoms with E-state index in [0.717, 1.165) is 73.6 Å². The number of piperazine rings is 1. The van der Waals surface area contributed by atoms with Gasteiger partial charge in [-0.3, -0.25) is 19.1 Å². The fourth-order valence-corrected chi connectivity index (χ4v) is 5.57. The quantitative estimate of drug-likeness (QED) is 0.502. The Hall–Kier alpha value is -3.30. The van der Waals surface area contributed by atoms with Gasteiger partial charge in [-0.15, -0.1) is 0 Å². The van der Waals surface area contributed by atoms with E-state index in [-0.39, 0.29) is 11.2 Å². The van der Waals surface area contributed by atoms with Gasteiger partial charge in [0.25, 0.3) is 5.56 Å². The number of anilines is 1. The van der Waals surface area contributed by atoms with Gasteiger partial charge in [0.2, 0.25) is 0 Å². The minimum absolute atomic E-state index is 0.117. The lowest BCUT2D eigenvalue weighted by molar-refractivity contribution is 0.126. The van der Waals surface area contributed by atoms with E-state index in [9.17, 15) is 4.79 Å². The molecule has 0 unspecified atom stereocenters. The van der Waals surface area contributed by atoms with Gasteiger partial charge in [0, 0.05) is 38.4 Å². The van der Waals surface area contributed by atoms with E-state index in [4.69, 9.17) is 15.8 Å². The molecule has 2 N–H and O–H groups in total. The number of aromatic nitrogens is 5. The molecule has 0 amide bonds. The van der Waals surface area contributed by atoms with Crippen molar-refractivity contribution < 1.29 is 0 Å². The van der Waals surface area contributed by atoms with Gasteiger partial charge in [0.1, 0.15) is 11.3 Å². The Kier molecular flexibility index (Phi) is 4.76. The zero-order chi connectivity index (χ0) is 23.6. The van der Waals surface area contributed by atoms with Crippen LogP contribution in [0.4, 0.5) is 5.69 Å². The first-order valence-corrected chi connectivity index (χ1v) is 12.0. The van der Waals surface area contributed by atoms with Gasteiger partial charge in [0.15, 0.2) is 0 Å². The summed E-state index contributed by atoms with van der Waals surface area (Å²) in [6.45, 7) is 9.74. The van der Waals surface area contributed by atoms with Gasteiger partial charge in [-0.25, -0.2) is 9.50 Å². The zero-order valence-corrected chi connectivity index (χ0v) is 20.0. The molecule has 2 fully saturated rings. The Morgan fingerprint density at radius 1 is 1.06 bits per heavy atom. The Morgan fingerprint density at radius 2 is 1.91 bits per heavy atom. The third kappa shape index (κ3) is 3.30. The second kappa shape index (κ2) is 7.61. The molecular formula is C25H30N8O. The number of nitrogens with zero attached hydrogens (tertiary/aromatic N) is 7. The van der Waals surface area contributed by atoms with Gasteiger partial charge in [-0.2, -0.15) is 5.10 Å². The molecule has 0 radical (unpaired) electrons. The maximum absolute atomic E-state index is 13.2. The summed E-state index contributed by atoms with van der Waals surface area (Å²) in [5.74, 6) is 0. The van der Waals surface area contributed by atoms with Crippen LogP contribution in [0.15, 0.2) is 35.4 Å². The minimum Gasteiger partial charge on any atom is -0.366 e. The third-order valence-corrected chi connectivity index (χ3v) is 7.32. The van der Waals surface area contributed by atoms with Gasteiger partial charge in [-0.1, -0.05) is 6.92 Å². The van der Waals surface area contributed by atoms with Crippen LogP contribution in [-0.2, 0) is 6.42 Å². The van der Waals surface area contributed by atoms with Crippen molar-refractivity contribution in [1.82, 2.24) is 28.9 Å². The SMILES string of the molecule is CCc1nc(C)cn2nc(-c3cc(=O)n4cc(N5CCN6CCC[C@@]6(N)C5)cc(C)c4n3)cc12. The lowest BCUT2D eigenvalue weighted by Gasteiger charge is -2.45. The number of aryl methyl sites for hydroxylation is 3. The van der Waals surface area contributed by atoms with Crippen LogP contribution >= 0.6 is 0 Å². The van der Waals surface area contributed by atoms with Crippen LogP contribution < -0.4 is 16.2 Å². The first-order valence-electron chi connectivity index (χ1n) is 12.0. The monoisotopic (exact) mass is 458 g/mol. The summed E-state index contributed by atoms with van der Waals surface area (Å²) in [7, 11) is 0. The largest absolute Gasteiger partial charge is 0.366 e. The molecule has 0 saturated carbocycles. The highest BCUT2D eigenvalue weighted by Gasteiger charge is 2.41. The highest BCUT2D eigenvalue weighted by atomic mass is 16.1. The number of hydrogen-bond donors (Lipinski definition) is 1. The standard InChI is InChI=1S/C25H30N8O/c1-4-19-22-11-21(29-33(22)13-17(3)27-19)20-12-23(34)32-14-18(10-16(2)24(32)28-20)30-8-9-31-7-5-6-25(31,26)15-30/h10-14H,4-9,15,26H2,1-3H3/t25-/m0/s1. The molecule has 4 aromatic rings. The molecule has 0 aromatic carbocycles. The lowest BCUT2D eigenvalue weighted by Crippen LogP contribution is -2.64. The van der Waals surface area contributed by atoms with Crippen LogP contribution in [0.3, 0.4) is 0 Å². The van der Waals surface area contributed by atoms with Gasteiger partial charge < -0.3 is 10.6 Å². The van der Waals surface area contributed by atoms with Gasteiger partial charge >= 0.3 is 0 Å². The molecule has 2 aliphatic heterocycles. The summed E-state index contributed by atoms with van der Waals surface area (Å²) in [5, 5.41) is 4.70. The molecule has 0 spiro atoms. The van der Waals surface area contributed by atoms with Crippen molar-refractivity contribution in [2.75, 3.05) is 31.1 Å². The molecule has 0 bridgehead atoms. The number of pyridine rings is 1. The summed E-state index contributed by atoms with van der Waals surface area (Å²) in [6, 6.07) is 5.66. The van der Waals surface area contributed by atoms with E-state index in [1.54, 1.807) is 10.5 Å². The lowest BCUT2D eigenvalue weighted by atomic mass is 10.0. The van der Waals surface area contributed by atoms with E-state index in [1.165, 1.54) is 0 Å². The summed E-state index contributed by atoms with van der Waals surface area (Å²) >= 11 is 0. The fraction of sp³-hybridized carbons (Fsp3) is 0.440. The molecule has 6 heterocycles. The van der Waals surface area contributed by atoms with E-state index in [1.807, 2.05) is 36.8 Å². The summed E-state index contributed by atoms with van der Waals surface area (Å²) in [6.07, 6.45) is 6.77. The van der Waals surface area contributed by atoms with Crippen LogP contribution in [-0.4, -0.2) is 60.7 Å². The third-order valence-electron chi connectivity index (χ3n) is 7.32. The Balaban J connectivity index is 1.41. The predicted octanol–water partition coefficient (Wildman–Crippen LogP) is 2.15. The first-order chi connectivity index (χ1) is 16.3. The number of rotatable bonds is 3. The first kappa shape index (κ1) is 21.2. The molecule has 1 atom stereocenters. The van der Waals surface area contributed by atoms with Gasteiger partial charge in [0.05, 0.1) is 40.1 Å². The van der Waals surface area contributed by atoms with Crippen molar-refractivity contribution in [3.63, 3.8) is 0 Å². The summed E-state index contributed by atoms with van der Waals surface area (Å²) < 4.78 is 3.48. The number of nitrogens with two attached hydrogens (primary N) is 1.